The molecule has 0 spiro atoms. The summed E-state index contributed by atoms with van der Waals surface area (Å²) >= 11 is 0. The number of nitrogens with zero attached hydrogens (tertiary/aromatic N) is 1. The molecule has 0 aromatic heterocycles. The van der Waals surface area contributed by atoms with Gasteiger partial charge in [0.15, 0.2) is 0 Å². The smallest absolute Gasteiger partial charge is 0.224 e. The van der Waals surface area contributed by atoms with Crippen molar-refractivity contribution in [2.24, 2.45) is 0 Å². The molecule has 0 heterocycles. The van der Waals surface area contributed by atoms with E-state index >= 15 is 0 Å². The van der Waals surface area contributed by atoms with E-state index < -0.39 is 0 Å². The van der Waals surface area contributed by atoms with E-state index in [0.29, 0.717) is 6.42 Å². The molecule has 0 saturated heterocycles. The first-order valence-corrected chi connectivity index (χ1v) is 9.01. The molecule has 3 rings (SSSR count). The van der Waals surface area contributed by atoms with E-state index in [-0.39, 0.29) is 23.9 Å². The SMILES string of the molecule is CN(C)C1(CNC(=O)Cc2cccc3ccccc23)CCCCC1.Cl. The molecule has 1 fully saturated rings. The molecule has 1 saturated carbocycles. The van der Waals surface area contributed by atoms with Crippen molar-refractivity contribution in [3.8, 4) is 0 Å². The van der Waals surface area contributed by atoms with Crippen molar-refractivity contribution >= 4 is 29.1 Å². The van der Waals surface area contributed by atoms with Gasteiger partial charge in [-0.3, -0.25) is 4.79 Å². The molecule has 1 aliphatic carbocycles. The van der Waals surface area contributed by atoms with Gasteiger partial charge in [0.2, 0.25) is 5.91 Å². The third-order valence-corrected chi connectivity index (χ3v) is 5.58. The van der Waals surface area contributed by atoms with Gasteiger partial charge < -0.3 is 10.2 Å². The molecule has 3 nitrogen and oxygen atoms in total. The Bertz CT molecular complexity index is 703. The lowest BCUT2D eigenvalue weighted by molar-refractivity contribution is -0.121. The van der Waals surface area contributed by atoms with Crippen molar-refractivity contribution in [1.82, 2.24) is 10.2 Å². The van der Waals surface area contributed by atoms with Crippen LogP contribution in [0.25, 0.3) is 10.8 Å². The molecule has 1 N–H and O–H groups in total. The second-order valence-corrected chi connectivity index (χ2v) is 7.27. The van der Waals surface area contributed by atoms with E-state index in [9.17, 15) is 4.79 Å². The van der Waals surface area contributed by atoms with Gasteiger partial charge >= 0.3 is 0 Å². The quantitative estimate of drug-likeness (QED) is 0.867. The summed E-state index contributed by atoms with van der Waals surface area (Å²) in [5, 5.41) is 5.58. The summed E-state index contributed by atoms with van der Waals surface area (Å²) in [6, 6.07) is 14.5. The van der Waals surface area contributed by atoms with Gasteiger partial charge in [0.05, 0.1) is 6.42 Å². The zero-order valence-electron chi connectivity index (χ0n) is 15.3. The van der Waals surface area contributed by atoms with E-state index in [1.54, 1.807) is 0 Å². The van der Waals surface area contributed by atoms with Crippen LogP contribution in [0.4, 0.5) is 0 Å². The summed E-state index contributed by atoms with van der Waals surface area (Å²) in [6.07, 6.45) is 6.64. The molecule has 1 aliphatic rings. The molecular formula is C21H29ClN2O. The van der Waals surface area contributed by atoms with Gasteiger partial charge in [-0.05, 0) is 43.3 Å². The Labute approximate surface area is 157 Å². The topological polar surface area (TPSA) is 32.3 Å². The molecule has 0 bridgehead atoms. The van der Waals surface area contributed by atoms with Crippen molar-refractivity contribution in [2.45, 2.75) is 44.1 Å². The standard InChI is InChI=1S/C21H28N2O.ClH/c1-23(2)21(13-6-3-7-14-21)16-22-20(24)15-18-11-8-10-17-9-4-5-12-19(17)18;/h4-5,8-12H,3,6-7,13-16H2,1-2H3,(H,22,24);1H. The monoisotopic (exact) mass is 360 g/mol. The average molecular weight is 361 g/mol. The van der Waals surface area contributed by atoms with Gasteiger partial charge in [0.25, 0.3) is 0 Å². The normalized spacial score (nSPS) is 16.4. The molecule has 4 heteroatoms. The molecule has 2 aromatic rings. The van der Waals surface area contributed by atoms with E-state index in [1.165, 1.54) is 42.9 Å². The van der Waals surface area contributed by atoms with Crippen LogP contribution in [-0.4, -0.2) is 37.0 Å². The average Bonchev–Trinajstić information content (AvgIpc) is 2.61. The molecule has 0 radical (unpaired) electrons. The van der Waals surface area contributed by atoms with E-state index in [4.69, 9.17) is 0 Å². The first-order valence-electron chi connectivity index (χ1n) is 9.01. The molecule has 1 amide bonds. The van der Waals surface area contributed by atoms with Gasteiger partial charge in [-0.2, -0.15) is 0 Å². The molecule has 25 heavy (non-hydrogen) atoms. The summed E-state index contributed by atoms with van der Waals surface area (Å²) in [6.45, 7) is 0.754. The minimum absolute atomic E-state index is 0. The van der Waals surface area contributed by atoms with Crippen molar-refractivity contribution < 1.29 is 4.79 Å². The Hall–Kier alpha value is -1.58. The molecular weight excluding hydrogens is 332 g/mol. The van der Waals surface area contributed by atoms with Crippen molar-refractivity contribution in [3.63, 3.8) is 0 Å². The molecule has 2 aromatic carbocycles. The third-order valence-electron chi connectivity index (χ3n) is 5.58. The third kappa shape index (κ3) is 4.53. The molecule has 0 aliphatic heterocycles. The number of nitrogens with one attached hydrogen (secondary N) is 1. The maximum atomic E-state index is 12.5. The van der Waals surface area contributed by atoms with Gasteiger partial charge in [0.1, 0.15) is 0 Å². The highest BCUT2D eigenvalue weighted by atomic mass is 35.5. The van der Waals surface area contributed by atoms with Crippen LogP contribution in [0.15, 0.2) is 42.5 Å². The van der Waals surface area contributed by atoms with Crippen LogP contribution in [-0.2, 0) is 11.2 Å². The number of rotatable bonds is 5. The van der Waals surface area contributed by atoms with Crippen LogP contribution < -0.4 is 5.32 Å². The Morgan fingerprint density at radius 2 is 1.72 bits per heavy atom. The van der Waals surface area contributed by atoms with E-state index in [0.717, 1.165) is 12.1 Å². The number of hydrogen-bond acceptors (Lipinski definition) is 2. The minimum atomic E-state index is 0. The zero-order chi connectivity index (χ0) is 17.0. The van der Waals surface area contributed by atoms with Crippen molar-refractivity contribution in [1.29, 1.82) is 0 Å². The second-order valence-electron chi connectivity index (χ2n) is 7.27. The van der Waals surface area contributed by atoms with Crippen LogP contribution >= 0.6 is 12.4 Å². The van der Waals surface area contributed by atoms with Crippen molar-refractivity contribution in [3.05, 3.63) is 48.0 Å². The van der Waals surface area contributed by atoms with Crippen LogP contribution in [0.3, 0.4) is 0 Å². The number of halogens is 1. The fourth-order valence-corrected chi connectivity index (χ4v) is 3.94. The molecule has 136 valence electrons. The summed E-state index contributed by atoms with van der Waals surface area (Å²) in [5.41, 5.74) is 1.24. The lowest BCUT2D eigenvalue weighted by Gasteiger charge is -2.43. The maximum Gasteiger partial charge on any atom is 0.224 e. The fraction of sp³-hybridized carbons (Fsp3) is 0.476. The number of fused-ring (bicyclic) bond motifs is 1. The van der Waals surface area contributed by atoms with Gasteiger partial charge in [0, 0.05) is 12.1 Å². The predicted octanol–water partition coefficient (Wildman–Crippen LogP) is 4.18. The summed E-state index contributed by atoms with van der Waals surface area (Å²) < 4.78 is 0. The number of benzene rings is 2. The Morgan fingerprint density at radius 1 is 1.04 bits per heavy atom. The summed E-state index contributed by atoms with van der Waals surface area (Å²) in [5.74, 6) is 0.123. The number of amides is 1. The minimum Gasteiger partial charge on any atom is -0.354 e. The Morgan fingerprint density at radius 3 is 2.44 bits per heavy atom. The van der Waals surface area contributed by atoms with Crippen LogP contribution in [0.5, 0.6) is 0 Å². The van der Waals surface area contributed by atoms with Crippen LogP contribution in [0.1, 0.15) is 37.7 Å². The summed E-state index contributed by atoms with van der Waals surface area (Å²) in [7, 11) is 4.28. The van der Waals surface area contributed by atoms with Crippen molar-refractivity contribution in [2.75, 3.05) is 20.6 Å². The fourth-order valence-electron chi connectivity index (χ4n) is 3.94. The number of likely N-dealkylation sites (N-methyl/N-ethyl adjacent to an activating group) is 1. The van der Waals surface area contributed by atoms with Gasteiger partial charge in [-0.25, -0.2) is 0 Å². The highest BCUT2D eigenvalue weighted by Gasteiger charge is 2.34. The predicted molar refractivity (Wildman–Crippen MR) is 107 cm³/mol. The van der Waals surface area contributed by atoms with Crippen LogP contribution in [0.2, 0.25) is 0 Å². The number of carbonyl (C=O) groups is 1. The molecule has 0 unspecified atom stereocenters. The highest BCUT2D eigenvalue weighted by molar-refractivity contribution is 5.90. The van der Waals surface area contributed by atoms with Gasteiger partial charge in [-0.1, -0.05) is 61.7 Å². The summed E-state index contributed by atoms with van der Waals surface area (Å²) in [4.78, 5) is 14.8. The zero-order valence-corrected chi connectivity index (χ0v) is 16.1. The highest BCUT2D eigenvalue weighted by Crippen LogP contribution is 2.31. The largest absolute Gasteiger partial charge is 0.354 e. The number of hydrogen-bond donors (Lipinski definition) is 1. The first-order chi connectivity index (χ1) is 11.6. The lowest BCUT2D eigenvalue weighted by atomic mass is 9.80. The van der Waals surface area contributed by atoms with Gasteiger partial charge in [-0.15, -0.1) is 12.4 Å². The second kappa shape index (κ2) is 8.68. The van der Waals surface area contributed by atoms with E-state index in [2.05, 4.69) is 48.6 Å². The van der Waals surface area contributed by atoms with E-state index in [1.807, 2.05) is 18.2 Å². The maximum absolute atomic E-state index is 12.5. The number of carbonyl (C=O) groups excluding carboxylic acids is 1. The van der Waals surface area contributed by atoms with Crippen LogP contribution in [0, 0.1) is 0 Å². The Kier molecular flexibility index (Phi) is 6.86. The lowest BCUT2D eigenvalue weighted by Crippen LogP contribution is -2.54. The molecule has 0 atom stereocenters. The Balaban J connectivity index is 0.00000225. The first kappa shape index (κ1) is 19.7.